The third kappa shape index (κ3) is 8.69. The molecule has 2 aromatic carbocycles. The summed E-state index contributed by atoms with van der Waals surface area (Å²) in [4.78, 5) is 16.5. The Morgan fingerprint density at radius 3 is 2.64 bits per heavy atom. The van der Waals surface area contributed by atoms with E-state index in [4.69, 9.17) is 42.1 Å². The summed E-state index contributed by atoms with van der Waals surface area (Å²) in [7, 11) is 1.53. The minimum absolute atomic E-state index is 0.0649. The lowest BCUT2D eigenvalue weighted by molar-refractivity contribution is -0.123. The zero-order valence-corrected chi connectivity index (χ0v) is 25.1. The Hall–Kier alpha value is -3.11. The zero-order chi connectivity index (χ0) is 28.4. The second kappa shape index (κ2) is 14.9. The maximum absolute atomic E-state index is 12.3. The molecule has 0 aliphatic heterocycles. The molecule has 204 valence electrons. The van der Waals surface area contributed by atoms with Crippen molar-refractivity contribution in [1.82, 2.24) is 10.4 Å². The number of ether oxygens (including phenoxy) is 4. The number of methoxy groups -OCH3 is 1. The number of carbonyl (C=O) groups is 1. The number of nitrogens with zero attached hydrogens (tertiary/aromatic N) is 3. The highest BCUT2D eigenvalue weighted by molar-refractivity contribution is 14.1. The first-order valence-corrected chi connectivity index (χ1v) is 13.5. The molecule has 0 fully saturated rings. The van der Waals surface area contributed by atoms with Crippen LogP contribution in [0.5, 0.6) is 17.4 Å². The molecule has 0 atom stereocenters. The summed E-state index contributed by atoms with van der Waals surface area (Å²) in [5, 5.41) is 14.5. The largest absolute Gasteiger partial charge is 0.490 e. The van der Waals surface area contributed by atoms with Crippen molar-refractivity contribution in [2.45, 2.75) is 27.1 Å². The lowest BCUT2D eigenvalue weighted by Gasteiger charge is -2.15. The van der Waals surface area contributed by atoms with Crippen LogP contribution in [-0.4, -0.2) is 37.4 Å². The Balaban J connectivity index is 1.65. The molecule has 9 nitrogen and oxygen atoms in total. The van der Waals surface area contributed by atoms with Crippen LogP contribution in [0.3, 0.4) is 0 Å². The van der Waals surface area contributed by atoms with Gasteiger partial charge in [0.1, 0.15) is 18.2 Å². The van der Waals surface area contributed by atoms with Gasteiger partial charge in [0.2, 0.25) is 5.88 Å². The van der Waals surface area contributed by atoms with Gasteiger partial charge in [0.25, 0.3) is 5.91 Å². The number of carbonyl (C=O) groups excluding carboxylic acids is 1. The van der Waals surface area contributed by atoms with Crippen LogP contribution in [0.25, 0.3) is 0 Å². The van der Waals surface area contributed by atoms with E-state index >= 15 is 0 Å². The Morgan fingerprint density at radius 2 is 1.95 bits per heavy atom. The second-order valence-electron chi connectivity index (χ2n) is 8.02. The summed E-state index contributed by atoms with van der Waals surface area (Å²) in [6, 6.07) is 12.6. The Kier molecular flexibility index (Phi) is 11.6. The number of amides is 1. The average Bonchev–Trinajstić information content (AvgIpc) is 2.88. The summed E-state index contributed by atoms with van der Waals surface area (Å²) in [6.45, 7) is 4.13. The molecule has 0 saturated heterocycles. The summed E-state index contributed by atoms with van der Waals surface area (Å²) in [5.41, 5.74) is 5.35. The molecule has 3 aromatic rings. The molecule has 0 radical (unpaired) electrons. The maximum Gasteiger partial charge on any atom is 0.278 e. The van der Waals surface area contributed by atoms with Crippen molar-refractivity contribution >= 4 is 57.9 Å². The fourth-order valence-corrected chi connectivity index (χ4v) is 4.65. The third-order valence-corrected chi connectivity index (χ3v) is 6.46. The normalized spacial score (nSPS) is 10.8. The quantitative estimate of drug-likeness (QED) is 0.145. The van der Waals surface area contributed by atoms with E-state index in [9.17, 15) is 10.1 Å². The molecule has 0 saturated carbocycles. The van der Waals surface area contributed by atoms with Crippen LogP contribution >= 0.6 is 45.8 Å². The molecule has 0 bridgehead atoms. The van der Waals surface area contributed by atoms with Gasteiger partial charge in [0.05, 0.1) is 23.0 Å². The van der Waals surface area contributed by atoms with Crippen molar-refractivity contribution in [3.8, 4) is 23.4 Å². The van der Waals surface area contributed by atoms with Gasteiger partial charge in [-0.15, -0.1) is 0 Å². The van der Waals surface area contributed by atoms with Crippen LogP contribution in [0, 0.1) is 21.8 Å². The molecule has 1 amide bonds. The molecule has 3 rings (SSSR count). The van der Waals surface area contributed by atoms with Crippen molar-refractivity contribution in [2.24, 2.45) is 5.10 Å². The number of rotatable bonds is 12. The molecule has 0 aliphatic rings. The number of hydrogen-bond acceptors (Lipinski definition) is 8. The molecule has 0 unspecified atom stereocenters. The van der Waals surface area contributed by atoms with Crippen molar-refractivity contribution in [2.75, 3.05) is 20.3 Å². The molecule has 1 N–H and O–H groups in total. The van der Waals surface area contributed by atoms with Crippen LogP contribution in [-0.2, 0) is 22.7 Å². The van der Waals surface area contributed by atoms with Gasteiger partial charge in [0, 0.05) is 34.0 Å². The van der Waals surface area contributed by atoms with E-state index in [0.717, 1.165) is 9.13 Å². The van der Waals surface area contributed by atoms with E-state index in [1.165, 1.54) is 13.3 Å². The van der Waals surface area contributed by atoms with E-state index in [1.54, 1.807) is 37.3 Å². The number of nitrogens with one attached hydrogen (secondary N) is 1. The van der Waals surface area contributed by atoms with Crippen molar-refractivity contribution < 1.29 is 23.7 Å². The van der Waals surface area contributed by atoms with E-state index in [1.807, 2.05) is 19.1 Å². The zero-order valence-electron chi connectivity index (χ0n) is 21.4. The van der Waals surface area contributed by atoms with Crippen LogP contribution in [0.15, 0.2) is 41.5 Å². The Labute approximate surface area is 250 Å². The van der Waals surface area contributed by atoms with E-state index < -0.39 is 5.91 Å². The van der Waals surface area contributed by atoms with Crippen molar-refractivity contribution in [1.29, 1.82) is 5.26 Å². The first-order valence-electron chi connectivity index (χ1n) is 11.6. The average molecular weight is 683 g/mol. The highest BCUT2D eigenvalue weighted by Crippen LogP contribution is 2.35. The van der Waals surface area contributed by atoms with Crippen LogP contribution < -0.4 is 19.6 Å². The minimum Gasteiger partial charge on any atom is -0.490 e. The maximum atomic E-state index is 12.3. The van der Waals surface area contributed by atoms with E-state index in [-0.39, 0.29) is 31.3 Å². The van der Waals surface area contributed by atoms with Gasteiger partial charge in [-0.05, 0) is 72.3 Å². The van der Waals surface area contributed by atoms with Gasteiger partial charge >= 0.3 is 0 Å². The summed E-state index contributed by atoms with van der Waals surface area (Å²) >= 11 is 14.4. The molecule has 39 heavy (non-hydrogen) atoms. The van der Waals surface area contributed by atoms with Gasteiger partial charge in [-0.2, -0.15) is 10.4 Å². The number of aryl methyl sites for hydroxylation is 1. The summed E-state index contributed by atoms with van der Waals surface area (Å²) in [6.07, 6.45) is 1.48. The second-order valence-corrected chi connectivity index (χ2v) is 10.0. The fraction of sp³-hybridized carbons (Fsp3) is 0.259. The SMILES string of the molecule is CCOc1cc(/C=N\NC(=O)COc2nc(C)cc(COC)c2C#N)cc(I)c1OCc1ccc(Cl)cc1Cl. The number of pyridine rings is 1. The van der Waals surface area contributed by atoms with Crippen LogP contribution in [0.4, 0.5) is 0 Å². The van der Waals surface area contributed by atoms with E-state index in [0.29, 0.717) is 45.0 Å². The predicted molar refractivity (Wildman–Crippen MR) is 157 cm³/mol. The number of halogens is 3. The third-order valence-electron chi connectivity index (χ3n) is 5.07. The van der Waals surface area contributed by atoms with Crippen molar-refractivity contribution in [3.05, 3.63) is 78.0 Å². The number of nitriles is 1. The Bertz CT molecular complexity index is 1410. The fourth-order valence-electron chi connectivity index (χ4n) is 3.40. The molecule has 0 aliphatic carbocycles. The highest BCUT2D eigenvalue weighted by atomic mass is 127. The van der Waals surface area contributed by atoms with Crippen molar-refractivity contribution in [3.63, 3.8) is 0 Å². The highest BCUT2D eigenvalue weighted by Gasteiger charge is 2.15. The first-order chi connectivity index (χ1) is 18.7. The lowest BCUT2D eigenvalue weighted by atomic mass is 10.1. The smallest absolute Gasteiger partial charge is 0.278 e. The monoisotopic (exact) mass is 682 g/mol. The van der Waals surface area contributed by atoms with Crippen LogP contribution in [0.1, 0.15) is 34.9 Å². The molecule has 0 spiro atoms. The van der Waals surface area contributed by atoms with Gasteiger partial charge < -0.3 is 18.9 Å². The molecular formula is C27H25Cl2IN4O5. The number of benzene rings is 2. The standard InChI is InChI=1S/C27H25Cl2IN4O5/c1-4-37-24-9-17(8-23(30)26(24)38-14-18-5-6-20(28)10-22(18)29)12-32-34-25(35)15-39-27-21(11-31)19(13-36-3)7-16(2)33-27/h5-10,12H,4,13-15H2,1-3H3,(H,34,35)/b32-12-. The van der Waals surface area contributed by atoms with Gasteiger partial charge in [-0.25, -0.2) is 10.4 Å². The van der Waals surface area contributed by atoms with Gasteiger partial charge in [0.15, 0.2) is 18.1 Å². The number of aromatic nitrogens is 1. The van der Waals surface area contributed by atoms with Gasteiger partial charge in [-0.3, -0.25) is 4.79 Å². The summed E-state index contributed by atoms with van der Waals surface area (Å²) < 4.78 is 23.2. The number of hydrogen-bond donors (Lipinski definition) is 1. The predicted octanol–water partition coefficient (Wildman–Crippen LogP) is 5.83. The number of hydrazone groups is 1. The molecule has 1 aromatic heterocycles. The molecule has 12 heteroatoms. The lowest BCUT2D eigenvalue weighted by Crippen LogP contribution is -2.25. The van der Waals surface area contributed by atoms with Crippen LogP contribution in [0.2, 0.25) is 10.0 Å². The first kappa shape index (κ1) is 30.4. The Morgan fingerprint density at radius 1 is 1.15 bits per heavy atom. The minimum atomic E-state index is -0.522. The molecule has 1 heterocycles. The molecular weight excluding hydrogens is 658 g/mol. The summed E-state index contributed by atoms with van der Waals surface area (Å²) in [5.74, 6) is 0.623. The van der Waals surface area contributed by atoms with E-state index in [2.05, 4.69) is 38.1 Å². The van der Waals surface area contributed by atoms with Gasteiger partial charge in [-0.1, -0.05) is 29.3 Å². The topological polar surface area (TPSA) is 115 Å².